The van der Waals surface area contributed by atoms with Gasteiger partial charge in [-0.25, -0.2) is 4.99 Å². The molecule has 0 aromatic carbocycles. The van der Waals surface area contributed by atoms with E-state index < -0.39 is 0 Å². The highest BCUT2D eigenvalue weighted by atomic mass is 16.5. The molecule has 2 fully saturated rings. The van der Waals surface area contributed by atoms with Crippen LogP contribution in [0.2, 0.25) is 0 Å². The molecule has 1 unspecified atom stereocenters. The molecule has 3 rings (SSSR count). The highest BCUT2D eigenvalue weighted by Gasteiger charge is 2.30. The van der Waals surface area contributed by atoms with E-state index in [-0.39, 0.29) is 12.0 Å². The Kier molecular flexibility index (Phi) is 5.85. The third-order valence-electron chi connectivity index (χ3n) is 4.61. The Balaban J connectivity index is 1.56. The van der Waals surface area contributed by atoms with E-state index in [1.165, 1.54) is 0 Å². The van der Waals surface area contributed by atoms with Gasteiger partial charge in [0.15, 0.2) is 11.8 Å². The van der Waals surface area contributed by atoms with Crippen LogP contribution in [0.3, 0.4) is 0 Å². The first-order valence-electron chi connectivity index (χ1n) is 8.95. The van der Waals surface area contributed by atoms with Gasteiger partial charge in [0, 0.05) is 46.4 Å². The normalized spacial score (nSPS) is 21.7. The summed E-state index contributed by atoms with van der Waals surface area (Å²) < 4.78 is 7.38. The number of carbonyl (C=O) groups excluding carboxylic acids is 1. The monoisotopic (exact) mass is 349 g/mol. The zero-order valence-electron chi connectivity index (χ0n) is 15.0. The number of hydrogen-bond donors (Lipinski definition) is 1. The summed E-state index contributed by atoms with van der Waals surface area (Å²) in [6.07, 6.45) is 3.27. The van der Waals surface area contributed by atoms with Crippen molar-refractivity contribution in [2.45, 2.75) is 32.4 Å². The maximum atomic E-state index is 12.4. The first kappa shape index (κ1) is 17.7. The molecule has 138 valence electrons. The number of nitrogens with one attached hydrogen (secondary N) is 1. The Morgan fingerprint density at radius 1 is 1.36 bits per heavy atom. The van der Waals surface area contributed by atoms with Crippen molar-refractivity contribution in [3.63, 3.8) is 0 Å². The molecule has 0 aliphatic carbocycles. The quantitative estimate of drug-likeness (QED) is 0.588. The summed E-state index contributed by atoms with van der Waals surface area (Å²) in [5, 5.41) is 11.3. The molecule has 2 aliphatic heterocycles. The summed E-state index contributed by atoms with van der Waals surface area (Å²) in [6.45, 7) is 6.97. The van der Waals surface area contributed by atoms with Crippen LogP contribution in [0.25, 0.3) is 0 Å². The predicted molar refractivity (Wildman–Crippen MR) is 92.9 cm³/mol. The second-order valence-corrected chi connectivity index (χ2v) is 6.34. The Morgan fingerprint density at radius 2 is 2.12 bits per heavy atom. The van der Waals surface area contributed by atoms with Crippen LogP contribution in [0.4, 0.5) is 0 Å². The van der Waals surface area contributed by atoms with E-state index >= 15 is 0 Å². The van der Waals surface area contributed by atoms with Gasteiger partial charge in [-0.05, 0) is 19.8 Å². The van der Waals surface area contributed by atoms with E-state index in [1.807, 2.05) is 16.5 Å². The number of amides is 1. The van der Waals surface area contributed by atoms with Gasteiger partial charge >= 0.3 is 0 Å². The van der Waals surface area contributed by atoms with E-state index in [0.29, 0.717) is 26.2 Å². The van der Waals surface area contributed by atoms with Gasteiger partial charge in [0.2, 0.25) is 0 Å². The number of aliphatic imine (C=N–C) groups is 1. The fourth-order valence-corrected chi connectivity index (χ4v) is 3.14. The van der Waals surface area contributed by atoms with Crippen LogP contribution in [0.1, 0.15) is 25.6 Å². The molecule has 1 aromatic heterocycles. The Labute approximate surface area is 148 Å². The summed E-state index contributed by atoms with van der Waals surface area (Å²) in [6, 6.07) is 0. The third kappa shape index (κ3) is 4.28. The van der Waals surface area contributed by atoms with Gasteiger partial charge in [-0.1, -0.05) is 0 Å². The molecule has 1 amide bonds. The van der Waals surface area contributed by atoms with Gasteiger partial charge in [0.05, 0.1) is 0 Å². The van der Waals surface area contributed by atoms with Crippen molar-refractivity contribution in [1.29, 1.82) is 0 Å². The lowest BCUT2D eigenvalue weighted by molar-refractivity contribution is -0.142. The lowest BCUT2D eigenvalue weighted by atomic mass is 10.2. The molecule has 2 aliphatic rings. The largest absolute Gasteiger partial charge is 0.368 e. The lowest BCUT2D eigenvalue weighted by Crippen LogP contribution is -2.55. The summed E-state index contributed by atoms with van der Waals surface area (Å²) in [5.74, 6) is 1.82. The smallest absolute Gasteiger partial charge is 0.251 e. The molecule has 9 nitrogen and oxygen atoms in total. The van der Waals surface area contributed by atoms with Crippen LogP contribution in [0.15, 0.2) is 11.3 Å². The van der Waals surface area contributed by atoms with Crippen molar-refractivity contribution in [3.8, 4) is 0 Å². The maximum absolute atomic E-state index is 12.4. The van der Waals surface area contributed by atoms with Crippen LogP contribution in [0.5, 0.6) is 0 Å². The van der Waals surface area contributed by atoms with Crippen LogP contribution in [-0.4, -0.2) is 81.9 Å². The van der Waals surface area contributed by atoms with Crippen molar-refractivity contribution in [1.82, 2.24) is 29.9 Å². The summed E-state index contributed by atoms with van der Waals surface area (Å²) >= 11 is 0. The molecule has 2 saturated heterocycles. The van der Waals surface area contributed by atoms with Crippen molar-refractivity contribution < 1.29 is 9.53 Å². The van der Waals surface area contributed by atoms with Gasteiger partial charge < -0.3 is 24.4 Å². The average molecular weight is 349 g/mol. The molecule has 1 aromatic rings. The second-order valence-electron chi connectivity index (χ2n) is 6.34. The fourth-order valence-electron chi connectivity index (χ4n) is 3.14. The van der Waals surface area contributed by atoms with Gasteiger partial charge in [-0.2, -0.15) is 0 Å². The molecule has 0 bridgehead atoms. The maximum Gasteiger partial charge on any atom is 0.251 e. The molecule has 25 heavy (non-hydrogen) atoms. The number of aryl methyl sites for hydroxylation is 1. The minimum atomic E-state index is -0.232. The van der Waals surface area contributed by atoms with Crippen LogP contribution < -0.4 is 5.32 Å². The Bertz CT molecular complexity index is 601. The predicted octanol–water partition coefficient (Wildman–Crippen LogP) is -0.396. The van der Waals surface area contributed by atoms with E-state index in [0.717, 1.165) is 44.3 Å². The highest BCUT2D eigenvalue weighted by molar-refractivity contribution is 5.82. The van der Waals surface area contributed by atoms with Crippen molar-refractivity contribution in [2.24, 2.45) is 12.0 Å². The van der Waals surface area contributed by atoms with E-state index in [4.69, 9.17) is 4.74 Å². The van der Waals surface area contributed by atoms with Crippen LogP contribution in [0, 0.1) is 0 Å². The van der Waals surface area contributed by atoms with Crippen LogP contribution >= 0.6 is 0 Å². The molecule has 0 saturated carbocycles. The summed E-state index contributed by atoms with van der Waals surface area (Å²) in [7, 11) is 1.91. The molecule has 9 heteroatoms. The van der Waals surface area contributed by atoms with E-state index in [1.54, 1.807) is 6.33 Å². The van der Waals surface area contributed by atoms with Crippen molar-refractivity contribution >= 4 is 11.9 Å². The van der Waals surface area contributed by atoms with E-state index in [2.05, 4.69) is 32.3 Å². The Morgan fingerprint density at radius 3 is 2.72 bits per heavy atom. The van der Waals surface area contributed by atoms with Gasteiger partial charge in [-0.15, -0.1) is 10.2 Å². The third-order valence-corrected chi connectivity index (χ3v) is 4.61. The Hall–Kier alpha value is -2.16. The van der Waals surface area contributed by atoms with Crippen LogP contribution in [-0.2, 0) is 23.1 Å². The second kappa shape index (κ2) is 8.28. The molecular formula is C16H27N7O2. The first-order valence-corrected chi connectivity index (χ1v) is 8.95. The number of piperazine rings is 1. The average Bonchev–Trinajstić information content (AvgIpc) is 3.30. The number of carbonyl (C=O) groups is 1. The van der Waals surface area contributed by atoms with Crippen molar-refractivity contribution in [3.05, 3.63) is 12.2 Å². The highest BCUT2D eigenvalue weighted by Crippen LogP contribution is 2.16. The zero-order valence-corrected chi connectivity index (χ0v) is 15.0. The van der Waals surface area contributed by atoms with Gasteiger partial charge in [0.25, 0.3) is 5.91 Å². The zero-order chi connectivity index (χ0) is 17.6. The number of nitrogens with zero attached hydrogens (tertiary/aromatic N) is 6. The summed E-state index contributed by atoms with van der Waals surface area (Å²) in [4.78, 5) is 21.2. The molecule has 0 spiro atoms. The SMILES string of the molecule is CCNC(=NCc1nncn1C)N1CCN(C(=O)C2CCCO2)CC1. The first-order chi connectivity index (χ1) is 12.2. The van der Waals surface area contributed by atoms with Gasteiger partial charge in [0.1, 0.15) is 19.0 Å². The minimum absolute atomic E-state index is 0.137. The number of rotatable bonds is 4. The minimum Gasteiger partial charge on any atom is -0.368 e. The molecule has 0 radical (unpaired) electrons. The van der Waals surface area contributed by atoms with Crippen molar-refractivity contribution in [2.75, 3.05) is 39.3 Å². The fraction of sp³-hybridized carbons (Fsp3) is 0.750. The topological polar surface area (TPSA) is 87.9 Å². The summed E-state index contributed by atoms with van der Waals surface area (Å²) in [5.41, 5.74) is 0. The number of guanidine groups is 1. The number of ether oxygens (including phenoxy) is 1. The molecule has 3 heterocycles. The van der Waals surface area contributed by atoms with Gasteiger partial charge in [-0.3, -0.25) is 4.79 Å². The van der Waals surface area contributed by atoms with E-state index in [9.17, 15) is 4.79 Å². The number of hydrogen-bond acceptors (Lipinski definition) is 5. The molecule has 1 atom stereocenters. The number of aromatic nitrogens is 3. The molecule has 1 N–H and O–H groups in total. The lowest BCUT2D eigenvalue weighted by Gasteiger charge is -2.37. The molecular weight excluding hydrogens is 322 g/mol. The standard InChI is InChI=1S/C16H27N7O2/c1-3-17-16(18-11-14-20-19-12-21(14)2)23-8-6-22(7-9-23)15(24)13-5-4-10-25-13/h12-13H,3-11H2,1-2H3,(H,17,18).